The van der Waals surface area contributed by atoms with Crippen molar-refractivity contribution in [3.8, 4) is 0 Å². The van der Waals surface area contributed by atoms with Crippen LogP contribution in [0.2, 0.25) is 0 Å². The van der Waals surface area contributed by atoms with Gasteiger partial charge in [-0.25, -0.2) is 0 Å². The third-order valence-electron chi connectivity index (χ3n) is 3.70. The molecule has 18 heavy (non-hydrogen) atoms. The molecule has 0 N–H and O–H groups in total. The van der Waals surface area contributed by atoms with E-state index in [9.17, 15) is 4.79 Å². The lowest BCUT2D eigenvalue weighted by molar-refractivity contribution is -0.121. The van der Waals surface area contributed by atoms with Crippen molar-refractivity contribution in [2.24, 2.45) is 5.92 Å². The fourth-order valence-corrected chi connectivity index (χ4v) is 2.50. The lowest BCUT2D eigenvalue weighted by Crippen LogP contribution is -2.30. The average molecular weight is 245 g/mol. The summed E-state index contributed by atoms with van der Waals surface area (Å²) >= 11 is 0. The van der Waals surface area contributed by atoms with Gasteiger partial charge in [0.25, 0.3) is 0 Å². The second kappa shape index (κ2) is 6.03. The number of rotatable bonds is 4. The lowest BCUT2D eigenvalue weighted by Gasteiger charge is -2.30. The molecule has 1 heterocycles. The number of Topliss-reactive ketones (excluding diaryl/α,β-unsaturated/α-hetero) is 1. The third kappa shape index (κ3) is 3.12. The van der Waals surface area contributed by atoms with E-state index in [0.717, 1.165) is 13.1 Å². The van der Waals surface area contributed by atoms with Gasteiger partial charge >= 0.3 is 0 Å². The SMILES string of the molecule is CC(C)C(=O)Cc1ccccc1N1CCCCC1. The summed E-state index contributed by atoms with van der Waals surface area (Å²) in [5.74, 6) is 0.457. The van der Waals surface area contributed by atoms with Crippen molar-refractivity contribution in [3.63, 3.8) is 0 Å². The molecule has 0 spiro atoms. The van der Waals surface area contributed by atoms with Crippen LogP contribution in [0.15, 0.2) is 24.3 Å². The number of benzene rings is 1. The van der Waals surface area contributed by atoms with Gasteiger partial charge in [0.15, 0.2) is 0 Å². The Morgan fingerprint density at radius 3 is 2.50 bits per heavy atom. The maximum atomic E-state index is 11.9. The van der Waals surface area contributed by atoms with Crippen LogP contribution in [0.25, 0.3) is 0 Å². The molecule has 2 heteroatoms. The first kappa shape index (κ1) is 13.1. The molecule has 1 saturated heterocycles. The predicted octanol–water partition coefficient (Wildman–Crippen LogP) is 3.44. The van der Waals surface area contributed by atoms with Gasteiger partial charge in [-0.1, -0.05) is 32.0 Å². The summed E-state index contributed by atoms with van der Waals surface area (Å²) < 4.78 is 0. The zero-order valence-corrected chi connectivity index (χ0v) is 11.5. The van der Waals surface area contributed by atoms with Crippen LogP contribution >= 0.6 is 0 Å². The van der Waals surface area contributed by atoms with Gasteiger partial charge in [-0.15, -0.1) is 0 Å². The van der Waals surface area contributed by atoms with Crippen molar-refractivity contribution in [1.82, 2.24) is 0 Å². The van der Waals surface area contributed by atoms with Crippen LogP contribution in [-0.4, -0.2) is 18.9 Å². The topological polar surface area (TPSA) is 20.3 Å². The van der Waals surface area contributed by atoms with Crippen molar-refractivity contribution in [2.75, 3.05) is 18.0 Å². The fourth-order valence-electron chi connectivity index (χ4n) is 2.50. The number of para-hydroxylation sites is 1. The van der Waals surface area contributed by atoms with Crippen LogP contribution < -0.4 is 4.90 Å². The molecule has 1 aromatic rings. The highest BCUT2D eigenvalue weighted by Gasteiger charge is 2.16. The van der Waals surface area contributed by atoms with Gasteiger partial charge in [0.2, 0.25) is 0 Å². The van der Waals surface area contributed by atoms with Crippen LogP contribution in [0.5, 0.6) is 0 Å². The third-order valence-corrected chi connectivity index (χ3v) is 3.70. The summed E-state index contributed by atoms with van der Waals surface area (Å²) in [6, 6.07) is 8.38. The minimum Gasteiger partial charge on any atom is -0.371 e. The van der Waals surface area contributed by atoms with E-state index in [-0.39, 0.29) is 5.92 Å². The lowest BCUT2D eigenvalue weighted by atomic mass is 9.98. The van der Waals surface area contributed by atoms with E-state index in [1.54, 1.807) is 0 Å². The summed E-state index contributed by atoms with van der Waals surface area (Å²) in [4.78, 5) is 14.4. The molecule has 1 fully saturated rings. The molecule has 0 unspecified atom stereocenters. The van der Waals surface area contributed by atoms with Crippen molar-refractivity contribution in [2.45, 2.75) is 39.5 Å². The Kier molecular flexibility index (Phi) is 4.40. The molecule has 0 saturated carbocycles. The standard InChI is InChI=1S/C16H23NO/c1-13(2)16(18)12-14-8-4-5-9-15(14)17-10-6-3-7-11-17/h4-5,8-9,13H,3,6-7,10-12H2,1-2H3. The number of piperidine rings is 1. The van der Waals surface area contributed by atoms with Crippen LogP contribution in [0.3, 0.4) is 0 Å². The van der Waals surface area contributed by atoms with Gasteiger partial charge in [0.1, 0.15) is 5.78 Å². The van der Waals surface area contributed by atoms with E-state index in [1.165, 1.54) is 30.5 Å². The van der Waals surface area contributed by atoms with Crippen molar-refractivity contribution in [3.05, 3.63) is 29.8 Å². The van der Waals surface area contributed by atoms with E-state index in [1.807, 2.05) is 19.9 Å². The zero-order valence-electron chi connectivity index (χ0n) is 11.5. The molecule has 2 nitrogen and oxygen atoms in total. The minimum absolute atomic E-state index is 0.124. The molecule has 1 aromatic carbocycles. The smallest absolute Gasteiger partial charge is 0.139 e. The number of ketones is 1. The van der Waals surface area contributed by atoms with E-state index in [0.29, 0.717) is 12.2 Å². The molecule has 0 amide bonds. The highest BCUT2D eigenvalue weighted by Crippen LogP contribution is 2.25. The van der Waals surface area contributed by atoms with Crippen LogP contribution in [-0.2, 0) is 11.2 Å². The number of anilines is 1. The quantitative estimate of drug-likeness (QED) is 0.810. The molecule has 0 atom stereocenters. The van der Waals surface area contributed by atoms with Crippen molar-refractivity contribution < 1.29 is 4.79 Å². The Labute approximate surface area is 110 Å². The van der Waals surface area contributed by atoms with Crippen molar-refractivity contribution in [1.29, 1.82) is 0 Å². The Hall–Kier alpha value is -1.31. The Bertz CT molecular complexity index is 405. The van der Waals surface area contributed by atoms with Gasteiger partial charge in [-0.3, -0.25) is 4.79 Å². The van der Waals surface area contributed by atoms with E-state index in [2.05, 4.69) is 23.1 Å². The van der Waals surface area contributed by atoms with E-state index < -0.39 is 0 Å². The van der Waals surface area contributed by atoms with Crippen molar-refractivity contribution >= 4 is 11.5 Å². The van der Waals surface area contributed by atoms with Gasteiger partial charge in [0.05, 0.1) is 0 Å². The first-order chi connectivity index (χ1) is 8.68. The summed E-state index contributed by atoms with van der Waals surface area (Å²) in [6.45, 7) is 6.22. The molecule has 0 bridgehead atoms. The molecule has 1 aliphatic heterocycles. The summed E-state index contributed by atoms with van der Waals surface area (Å²) in [5, 5.41) is 0. The first-order valence-corrected chi connectivity index (χ1v) is 7.04. The maximum absolute atomic E-state index is 11.9. The maximum Gasteiger partial charge on any atom is 0.139 e. The summed E-state index contributed by atoms with van der Waals surface area (Å²) in [5.41, 5.74) is 2.46. The molecule has 0 aliphatic carbocycles. The number of carbonyl (C=O) groups is 1. The van der Waals surface area contributed by atoms with Crippen LogP contribution in [0.1, 0.15) is 38.7 Å². The number of nitrogens with zero attached hydrogens (tertiary/aromatic N) is 1. The van der Waals surface area contributed by atoms with Gasteiger partial charge in [-0.2, -0.15) is 0 Å². The average Bonchev–Trinajstić information content (AvgIpc) is 2.40. The Morgan fingerprint density at radius 2 is 1.83 bits per heavy atom. The first-order valence-electron chi connectivity index (χ1n) is 7.04. The molecular weight excluding hydrogens is 222 g/mol. The summed E-state index contributed by atoms with van der Waals surface area (Å²) in [6.07, 6.45) is 4.45. The Balaban J connectivity index is 2.16. The second-order valence-electron chi connectivity index (χ2n) is 5.47. The molecular formula is C16H23NO. The molecule has 2 rings (SSSR count). The highest BCUT2D eigenvalue weighted by atomic mass is 16.1. The molecule has 1 aliphatic rings. The zero-order chi connectivity index (χ0) is 13.0. The van der Waals surface area contributed by atoms with Gasteiger partial charge in [-0.05, 0) is 30.9 Å². The number of carbonyl (C=O) groups excluding carboxylic acids is 1. The van der Waals surface area contributed by atoms with Gasteiger partial charge in [0, 0.05) is 31.1 Å². The van der Waals surface area contributed by atoms with Crippen LogP contribution in [0, 0.1) is 5.92 Å². The van der Waals surface area contributed by atoms with Crippen LogP contribution in [0.4, 0.5) is 5.69 Å². The number of hydrogen-bond acceptors (Lipinski definition) is 2. The normalized spacial score (nSPS) is 16.1. The molecule has 0 aromatic heterocycles. The second-order valence-corrected chi connectivity index (χ2v) is 5.47. The predicted molar refractivity (Wildman–Crippen MR) is 76.1 cm³/mol. The van der Waals surface area contributed by atoms with Gasteiger partial charge < -0.3 is 4.90 Å². The minimum atomic E-state index is 0.124. The fraction of sp³-hybridized carbons (Fsp3) is 0.562. The largest absolute Gasteiger partial charge is 0.371 e. The Morgan fingerprint density at radius 1 is 1.17 bits per heavy atom. The number of hydrogen-bond donors (Lipinski definition) is 0. The molecule has 0 radical (unpaired) electrons. The van der Waals surface area contributed by atoms with E-state index in [4.69, 9.17) is 0 Å². The van der Waals surface area contributed by atoms with E-state index >= 15 is 0 Å². The molecule has 98 valence electrons. The highest BCUT2D eigenvalue weighted by molar-refractivity contribution is 5.84. The monoisotopic (exact) mass is 245 g/mol. The summed E-state index contributed by atoms with van der Waals surface area (Å²) in [7, 11) is 0.